The molecule has 0 aromatic heterocycles. The lowest BCUT2D eigenvalue weighted by atomic mass is 10.0. The minimum Gasteiger partial charge on any atom is -0.321 e. The number of carbonyl (C=O) groups is 1. The van der Waals surface area contributed by atoms with Crippen LogP contribution in [-0.2, 0) is 9.84 Å². The molecule has 0 heterocycles. The third-order valence-electron chi connectivity index (χ3n) is 3.79. The summed E-state index contributed by atoms with van der Waals surface area (Å²) in [5.74, 6) is -0.454. The number of hydrogen-bond acceptors (Lipinski definition) is 3. The van der Waals surface area contributed by atoms with Gasteiger partial charge in [-0.2, -0.15) is 0 Å². The molecule has 0 aliphatic heterocycles. The molecule has 0 spiro atoms. The molecule has 0 bridgehead atoms. The van der Waals surface area contributed by atoms with Crippen LogP contribution in [0.4, 0.5) is 5.69 Å². The fourth-order valence-electron chi connectivity index (χ4n) is 2.63. The van der Waals surface area contributed by atoms with E-state index in [0.717, 1.165) is 17.4 Å². The monoisotopic (exact) mass is 351 g/mol. The van der Waals surface area contributed by atoms with Crippen LogP contribution in [0.25, 0.3) is 11.1 Å². The molecule has 5 heteroatoms. The van der Waals surface area contributed by atoms with Gasteiger partial charge in [-0.25, -0.2) is 8.42 Å². The molecule has 4 nitrogen and oxygen atoms in total. The molecule has 0 aliphatic rings. The molecule has 126 valence electrons. The molecule has 0 radical (unpaired) electrons. The first-order valence-electron chi connectivity index (χ1n) is 7.72. The quantitative estimate of drug-likeness (QED) is 0.772. The molecular formula is C20H17NO3S. The van der Waals surface area contributed by atoms with Gasteiger partial charge in [-0.05, 0) is 23.8 Å². The molecule has 0 saturated heterocycles. The predicted octanol–water partition coefficient (Wildman–Crippen LogP) is 4.01. The number of hydrogen-bond donors (Lipinski definition) is 1. The topological polar surface area (TPSA) is 63.2 Å². The largest absolute Gasteiger partial charge is 0.321 e. The number of amides is 1. The molecule has 0 atom stereocenters. The zero-order valence-corrected chi connectivity index (χ0v) is 14.5. The number of benzene rings is 3. The van der Waals surface area contributed by atoms with E-state index < -0.39 is 15.7 Å². The van der Waals surface area contributed by atoms with Crippen molar-refractivity contribution in [3.8, 4) is 11.1 Å². The molecule has 25 heavy (non-hydrogen) atoms. The van der Waals surface area contributed by atoms with Crippen molar-refractivity contribution >= 4 is 21.4 Å². The van der Waals surface area contributed by atoms with E-state index in [1.54, 1.807) is 18.2 Å². The second-order valence-corrected chi connectivity index (χ2v) is 7.62. The van der Waals surface area contributed by atoms with Crippen molar-refractivity contribution in [3.05, 3.63) is 84.4 Å². The van der Waals surface area contributed by atoms with Crippen LogP contribution in [0.3, 0.4) is 0 Å². The average Bonchev–Trinajstić information content (AvgIpc) is 2.62. The summed E-state index contributed by atoms with van der Waals surface area (Å²) in [7, 11) is -3.49. The molecule has 3 rings (SSSR count). The first kappa shape index (κ1) is 16.9. The van der Waals surface area contributed by atoms with Gasteiger partial charge in [-0.15, -0.1) is 0 Å². The van der Waals surface area contributed by atoms with Gasteiger partial charge in [-0.3, -0.25) is 4.79 Å². The molecular weight excluding hydrogens is 334 g/mol. The first-order valence-corrected chi connectivity index (χ1v) is 9.61. The number of sulfone groups is 1. The Morgan fingerprint density at radius 3 is 2.12 bits per heavy atom. The van der Waals surface area contributed by atoms with Crippen LogP contribution in [0.15, 0.2) is 83.8 Å². The maximum atomic E-state index is 12.7. The van der Waals surface area contributed by atoms with Crippen LogP contribution in [0.5, 0.6) is 0 Å². The van der Waals surface area contributed by atoms with E-state index in [1.807, 2.05) is 48.5 Å². The fourth-order valence-corrected chi connectivity index (χ4v) is 3.51. The van der Waals surface area contributed by atoms with Crippen molar-refractivity contribution in [1.82, 2.24) is 0 Å². The number of anilines is 1. The van der Waals surface area contributed by atoms with E-state index in [9.17, 15) is 13.2 Å². The zero-order chi connectivity index (χ0) is 17.9. The summed E-state index contributed by atoms with van der Waals surface area (Å²) in [6.07, 6.45) is 1.09. The van der Waals surface area contributed by atoms with Crippen LogP contribution in [-0.4, -0.2) is 20.6 Å². The lowest BCUT2D eigenvalue weighted by Gasteiger charge is -2.13. The van der Waals surface area contributed by atoms with Gasteiger partial charge >= 0.3 is 0 Å². The number of nitrogens with one attached hydrogen (secondary N) is 1. The Hall–Kier alpha value is -2.92. The molecule has 1 amide bonds. The lowest BCUT2D eigenvalue weighted by Crippen LogP contribution is -2.16. The van der Waals surface area contributed by atoms with Gasteiger partial charge in [0.05, 0.1) is 10.5 Å². The molecule has 0 aliphatic carbocycles. The standard InChI is InChI=1S/C20H17NO3S/c1-25(23,24)19-14-8-6-12-17(19)20(22)21-18-13-7-5-11-16(18)15-9-3-2-4-10-15/h2-14H,1H3,(H,21,22). The van der Waals surface area contributed by atoms with Crippen LogP contribution in [0.2, 0.25) is 0 Å². The Balaban J connectivity index is 1.99. The molecule has 3 aromatic carbocycles. The Bertz CT molecular complexity index is 1010. The molecule has 3 aromatic rings. The van der Waals surface area contributed by atoms with Gasteiger partial charge in [0.25, 0.3) is 5.91 Å². The maximum Gasteiger partial charge on any atom is 0.257 e. The Morgan fingerprint density at radius 1 is 0.800 bits per heavy atom. The van der Waals surface area contributed by atoms with Gasteiger partial charge in [0.1, 0.15) is 0 Å². The minimum absolute atomic E-state index is 0.0182. The smallest absolute Gasteiger partial charge is 0.257 e. The van der Waals surface area contributed by atoms with Crippen LogP contribution in [0.1, 0.15) is 10.4 Å². The zero-order valence-electron chi connectivity index (χ0n) is 13.6. The van der Waals surface area contributed by atoms with E-state index in [1.165, 1.54) is 12.1 Å². The van der Waals surface area contributed by atoms with Gasteiger partial charge in [-0.1, -0.05) is 60.7 Å². The summed E-state index contributed by atoms with van der Waals surface area (Å²) < 4.78 is 23.8. The average molecular weight is 351 g/mol. The second-order valence-electron chi connectivity index (χ2n) is 5.63. The number of para-hydroxylation sites is 1. The Labute approximate surface area is 147 Å². The molecule has 1 N–H and O–H groups in total. The highest BCUT2D eigenvalue weighted by Gasteiger charge is 2.19. The predicted molar refractivity (Wildman–Crippen MR) is 99.4 cm³/mol. The van der Waals surface area contributed by atoms with Gasteiger partial charge < -0.3 is 5.32 Å². The van der Waals surface area contributed by atoms with Crippen molar-refractivity contribution in [1.29, 1.82) is 0 Å². The number of rotatable bonds is 4. The summed E-state index contributed by atoms with van der Waals surface area (Å²) >= 11 is 0. The van der Waals surface area contributed by atoms with E-state index in [0.29, 0.717) is 5.69 Å². The SMILES string of the molecule is CS(=O)(=O)c1ccccc1C(=O)Nc1ccccc1-c1ccccc1. The van der Waals surface area contributed by atoms with Crippen LogP contribution >= 0.6 is 0 Å². The second kappa shape index (κ2) is 6.91. The van der Waals surface area contributed by atoms with Gasteiger partial charge in [0, 0.05) is 17.5 Å². The highest BCUT2D eigenvalue weighted by atomic mass is 32.2. The molecule has 0 unspecified atom stereocenters. The van der Waals surface area contributed by atoms with Crippen molar-refractivity contribution in [3.63, 3.8) is 0 Å². The summed E-state index contributed by atoms with van der Waals surface area (Å²) in [6.45, 7) is 0. The van der Waals surface area contributed by atoms with Crippen molar-refractivity contribution in [2.24, 2.45) is 0 Å². The fraction of sp³-hybridized carbons (Fsp3) is 0.0500. The van der Waals surface area contributed by atoms with E-state index in [-0.39, 0.29) is 10.5 Å². The highest BCUT2D eigenvalue weighted by Crippen LogP contribution is 2.28. The van der Waals surface area contributed by atoms with Crippen LogP contribution in [0, 0.1) is 0 Å². The lowest BCUT2D eigenvalue weighted by molar-refractivity contribution is 0.102. The van der Waals surface area contributed by atoms with Gasteiger partial charge in [0.2, 0.25) is 0 Å². The van der Waals surface area contributed by atoms with Crippen molar-refractivity contribution < 1.29 is 13.2 Å². The summed E-state index contributed by atoms with van der Waals surface area (Å²) in [6, 6.07) is 23.3. The Kier molecular flexibility index (Phi) is 4.67. The van der Waals surface area contributed by atoms with Crippen LogP contribution < -0.4 is 5.32 Å². The van der Waals surface area contributed by atoms with Gasteiger partial charge in [0.15, 0.2) is 9.84 Å². The Morgan fingerprint density at radius 2 is 1.40 bits per heavy atom. The third-order valence-corrected chi connectivity index (χ3v) is 4.95. The van der Waals surface area contributed by atoms with E-state index >= 15 is 0 Å². The van der Waals surface area contributed by atoms with E-state index in [2.05, 4.69) is 5.32 Å². The molecule has 0 fully saturated rings. The minimum atomic E-state index is -3.49. The number of carbonyl (C=O) groups excluding carboxylic acids is 1. The normalized spacial score (nSPS) is 11.1. The summed E-state index contributed by atoms with van der Waals surface area (Å²) in [5, 5.41) is 2.83. The van der Waals surface area contributed by atoms with Crippen molar-refractivity contribution in [2.75, 3.05) is 11.6 Å². The first-order chi connectivity index (χ1) is 12.0. The van der Waals surface area contributed by atoms with E-state index in [4.69, 9.17) is 0 Å². The molecule has 0 saturated carbocycles. The summed E-state index contributed by atoms with van der Waals surface area (Å²) in [5.41, 5.74) is 2.60. The van der Waals surface area contributed by atoms with Crippen molar-refractivity contribution in [2.45, 2.75) is 4.90 Å². The summed E-state index contributed by atoms with van der Waals surface area (Å²) in [4.78, 5) is 12.7. The highest BCUT2D eigenvalue weighted by molar-refractivity contribution is 7.90. The maximum absolute atomic E-state index is 12.7. The third kappa shape index (κ3) is 3.78.